The minimum absolute atomic E-state index is 0.0184. The summed E-state index contributed by atoms with van der Waals surface area (Å²) in [5.74, 6) is -0.288. The first-order valence-electron chi connectivity index (χ1n) is 8.48. The Balaban J connectivity index is 1.70. The fraction of sp³-hybridized carbons (Fsp3) is 0.588. The zero-order valence-corrected chi connectivity index (χ0v) is 15.2. The van der Waals surface area contributed by atoms with Crippen LogP contribution in [0.25, 0.3) is 0 Å². The molecule has 2 saturated heterocycles. The van der Waals surface area contributed by atoms with Gasteiger partial charge >= 0.3 is 0 Å². The van der Waals surface area contributed by atoms with Gasteiger partial charge in [0.2, 0.25) is 11.8 Å². The topological polar surface area (TPSA) is 87.7 Å². The molecule has 2 aliphatic heterocycles. The summed E-state index contributed by atoms with van der Waals surface area (Å²) < 4.78 is 22.6. The van der Waals surface area contributed by atoms with Crippen molar-refractivity contribution in [2.24, 2.45) is 5.41 Å². The number of nitrogens with zero attached hydrogens (tertiary/aromatic N) is 3. The number of piperidine rings is 1. The molecule has 1 aromatic heterocycles. The highest BCUT2D eigenvalue weighted by Crippen LogP contribution is 2.41. The van der Waals surface area contributed by atoms with Crippen LogP contribution in [0.5, 0.6) is 0 Å². The van der Waals surface area contributed by atoms with Crippen molar-refractivity contribution in [2.45, 2.75) is 25.7 Å². The van der Waals surface area contributed by atoms with Crippen LogP contribution in [-0.4, -0.2) is 61.8 Å². The van der Waals surface area contributed by atoms with Gasteiger partial charge in [-0.2, -0.15) is 0 Å². The van der Waals surface area contributed by atoms with Gasteiger partial charge in [-0.1, -0.05) is 0 Å². The van der Waals surface area contributed by atoms with E-state index in [1.807, 2.05) is 6.07 Å². The minimum Gasteiger partial charge on any atom is -0.342 e. The van der Waals surface area contributed by atoms with Gasteiger partial charge in [0, 0.05) is 38.5 Å². The van der Waals surface area contributed by atoms with E-state index in [2.05, 4.69) is 4.98 Å². The van der Waals surface area contributed by atoms with Crippen LogP contribution in [0.3, 0.4) is 0 Å². The van der Waals surface area contributed by atoms with E-state index in [0.29, 0.717) is 26.1 Å². The Morgan fingerprint density at radius 1 is 1.32 bits per heavy atom. The van der Waals surface area contributed by atoms with E-state index >= 15 is 0 Å². The third-order valence-corrected chi connectivity index (χ3v) is 6.03. The van der Waals surface area contributed by atoms with Gasteiger partial charge in [-0.3, -0.25) is 14.6 Å². The lowest BCUT2D eigenvalue weighted by atomic mass is 9.78. The summed E-state index contributed by atoms with van der Waals surface area (Å²) in [5, 5.41) is 0. The molecule has 25 heavy (non-hydrogen) atoms. The normalized spacial score (nSPS) is 24.1. The number of hydrogen-bond acceptors (Lipinski definition) is 5. The van der Waals surface area contributed by atoms with Gasteiger partial charge in [-0.15, -0.1) is 0 Å². The van der Waals surface area contributed by atoms with E-state index in [4.69, 9.17) is 0 Å². The Hall–Kier alpha value is -1.96. The van der Waals surface area contributed by atoms with Crippen LogP contribution >= 0.6 is 0 Å². The molecule has 2 fully saturated rings. The highest BCUT2D eigenvalue weighted by Gasteiger charge is 2.49. The number of hydrogen-bond donors (Lipinski definition) is 0. The highest BCUT2D eigenvalue weighted by molar-refractivity contribution is 7.90. The molecule has 1 unspecified atom stereocenters. The fourth-order valence-corrected chi connectivity index (χ4v) is 4.28. The number of aromatic nitrogens is 1. The first-order chi connectivity index (χ1) is 11.8. The summed E-state index contributed by atoms with van der Waals surface area (Å²) >= 11 is 0. The Morgan fingerprint density at radius 2 is 2.12 bits per heavy atom. The smallest absolute Gasteiger partial charge is 0.235 e. The van der Waals surface area contributed by atoms with Crippen LogP contribution < -0.4 is 4.90 Å². The summed E-state index contributed by atoms with van der Waals surface area (Å²) in [6, 6.07) is 3.66. The number of rotatable bonds is 4. The number of sulfone groups is 1. The summed E-state index contributed by atoms with van der Waals surface area (Å²) in [6.07, 6.45) is 6.68. The van der Waals surface area contributed by atoms with Crippen LogP contribution in [0.2, 0.25) is 0 Å². The molecule has 0 radical (unpaired) electrons. The van der Waals surface area contributed by atoms with Crippen LogP contribution in [-0.2, 0) is 19.4 Å². The molecule has 0 N–H and O–H groups in total. The Labute approximate surface area is 147 Å². The van der Waals surface area contributed by atoms with Crippen molar-refractivity contribution < 1.29 is 18.0 Å². The Bertz CT molecular complexity index is 765. The van der Waals surface area contributed by atoms with Crippen molar-refractivity contribution in [1.29, 1.82) is 0 Å². The molecule has 136 valence electrons. The molecule has 7 nitrogen and oxygen atoms in total. The lowest BCUT2D eigenvalue weighted by molar-refractivity contribution is -0.138. The first kappa shape index (κ1) is 17.8. The van der Waals surface area contributed by atoms with E-state index in [1.54, 1.807) is 28.3 Å². The zero-order valence-electron chi connectivity index (χ0n) is 14.3. The van der Waals surface area contributed by atoms with Crippen molar-refractivity contribution in [3.8, 4) is 0 Å². The maximum atomic E-state index is 13.0. The molecule has 3 heterocycles. The molecular weight excluding hydrogens is 342 g/mol. The van der Waals surface area contributed by atoms with Crippen LogP contribution in [0.4, 0.5) is 5.69 Å². The van der Waals surface area contributed by atoms with Gasteiger partial charge in [0.1, 0.15) is 9.84 Å². The SMILES string of the molecule is CS(=O)(=O)CCC(=O)N1CCCC2(CCN(c3cccnc3)C2=O)C1. The molecule has 3 rings (SSSR count). The maximum absolute atomic E-state index is 13.0. The number of amides is 2. The predicted octanol–water partition coefficient (Wildman–Crippen LogP) is 0.862. The van der Waals surface area contributed by atoms with E-state index in [0.717, 1.165) is 24.8 Å². The molecule has 0 aromatic carbocycles. The number of carbonyl (C=O) groups is 2. The van der Waals surface area contributed by atoms with Gasteiger partial charge in [-0.25, -0.2) is 8.42 Å². The standard InChI is InChI=1S/C17H23N3O4S/c1-25(23,24)11-5-15(21)19-9-3-6-17(13-19)7-10-20(16(17)22)14-4-2-8-18-12-14/h2,4,8,12H,3,5-7,9-11,13H2,1H3. The molecule has 1 spiro atoms. The summed E-state index contributed by atoms with van der Waals surface area (Å²) in [7, 11) is -3.17. The molecule has 8 heteroatoms. The van der Waals surface area contributed by atoms with Crippen molar-refractivity contribution in [3.63, 3.8) is 0 Å². The molecular formula is C17H23N3O4S. The molecule has 2 amide bonds. The predicted molar refractivity (Wildman–Crippen MR) is 93.8 cm³/mol. The second-order valence-electron chi connectivity index (χ2n) is 7.00. The molecule has 0 aliphatic carbocycles. The number of carbonyl (C=O) groups excluding carboxylic acids is 2. The van der Waals surface area contributed by atoms with Gasteiger partial charge < -0.3 is 9.80 Å². The average Bonchev–Trinajstić information content (AvgIpc) is 2.89. The quantitative estimate of drug-likeness (QED) is 0.790. The van der Waals surface area contributed by atoms with Crippen molar-refractivity contribution in [2.75, 3.05) is 36.5 Å². The van der Waals surface area contributed by atoms with Crippen LogP contribution in [0, 0.1) is 5.41 Å². The highest BCUT2D eigenvalue weighted by atomic mass is 32.2. The molecule has 0 bridgehead atoms. The molecule has 0 saturated carbocycles. The second kappa shape index (κ2) is 6.74. The van der Waals surface area contributed by atoms with Gasteiger partial charge in [-0.05, 0) is 31.4 Å². The van der Waals surface area contributed by atoms with E-state index in [1.165, 1.54) is 0 Å². The van der Waals surface area contributed by atoms with Gasteiger partial charge in [0.05, 0.1) is 23.1 Å². The lowest BCUT2D eigenvalue weighted by Crippen LogP contribution is -2.50. The van der Waals surface area contributed by atoms with E-state index < -0.39 is 15.3 Å². The third kappa shape index (κ3) is 3.84. The van der Waals surface area contributed by atoms with Gasteiger partial charge in [0.15, 0.2) is 0 Å². The summed E-state index contributed by atoms with van der Waals surface area (Å²) in [5.41, 5.74) is 0.236. The van der Waals surface area contributed by atoms with Gasteiger partial charge in [0.25, 0.3) is 0 Å². The lowest BCUT2D eigenvalue weighted by Gasteiger charge is -2.39. The van der Waals surface area contributed by atoms with Crippen LogP contribution in [0.15, 0.2) is 24.5 Å². The average molecular weight is 365 g/mol. The Morgan fingerprint density at radius 3 is 2.80 bits per heavy atom. The van der Waals surface area contributed by atoms with Crippen molar-refractivity contribution in [1.82, 2.24) is 9.88 Å². The van der Waals surface area contributed by atoms with Crippen molar-refractivity contribution >= 4 is 27.3 Å². The van der Waals surface area contributed by atoms with E-state index in [9.17, 15) is 18.0 Å². The maximum Gasteiger partial charge on any atom is 0.235 e. The zero-order chi connectivity index (χ0) is 18.1. The monoisotopic (exact) mass is 365 g/mol. The molecule has 2 aliphatic rings. The third-order valence-electron chi connectivity index (χ3n) is 5.09. The molecule has 1 atom stereocenters. The second-order valence-corrected chi connectivity index (χ2v) is 9.26. The first-order valence-corrected chi connectivity index (χ1v) is 10.5. The number of pyridine rings is 1. The minimum atomic E-state index is -3.17. The summed E-state index contributed by atoms with van der Waals surface area (Å²) in [6.45, 7) is 1.59. The number of anilines is 1. The largest absolute Gasteiger partial charge is 0.342 e. The molecule has 1 aromatic rings. The Kier molecular flexibility index (Phi) is 4.81. The van der Waals surface area contributed by atoms with E-state index in [-0.39, 0.29) is 24.0 Å². The van der Waals surface area contributed by atoms with Crippen LogP contribution in [0.1, 0.15) is 25.7 Å². The number of likely N-dealkylation sites (tertiary alicyclic amines) is 1. The van der Waals surface area contributed by atoms with Crippen molar-refractivity contribution in [3.05, 3.63) is 24.5 Å². The fourth-order valence-electron chi connectivity index (χ4n) is 3.73. The summed E-state index contributed by atoms with van der Waals surface area (Å²) in [4.78, 5) is 32.9.